The lowest BCUT2D eigenvalue weighted by Crippen LogP contribution is -2.54. The lowest BCUT2D eigenvalue weighted by molar-refractivity contribution is 0.0557. The van der Waals surface area contributed by atoms with Crippen molar-refractivity contribution >= 4 is 23.4 Å². The molecule has 0 radical (unpaired) electrons. The number of nitrogens with zero attached hydrogens (tertiary/aromatic N) is 1. The topological polar surface area (TPSA) is 52.6 Å². The smallest absolute Gasteiger partial charge is 0.407 e. The fraction of sp³-hybridized carbons (Fsp3) is 0.458. The molecule has 0 spiro atoms. The standard InChI is InChI=1S/C24H31ClN2O2/c1-16-8-9-21(18(12-16)13-17-6-5-7-19(25)14-17)26-20-10-11-27(23(28)29)22(15-20)24(2,3)4/h5-9,12,14,20,22,26H,10-11,13,15H2,1-4H3,(H,28,29). The van der Waals surface area contributed by atoms with Crippen molar-refractivity contribution in [2.75, 3.05) is 11.9 Å². The zero-order valence-corrected chi connectivity index (χ0v) is 18.5. The van der Waals surface area contributed by atoms with Crippen LogP contribution in [0.1, 0.15) is 50.3 Å². The monoisotopic (exact) mass is 414 g/mol. The number of carbonyl (C=O) groups is 1. The van der Waals surface area contributed by atoms with Gasteiger partial charge < -0.3 is 15.3 Å². The van der Waals surface area contributed by atoms with Crippen molar-refractivity contribution < 1.29 is 9.90 Å². The van der Waals surface area contributed by atoms with Crippen LogP contribution in [0.4, 0.5) is 10.5 Å². The van der Waals surface area contributed by atoms with E-state index in [1.54, 1.807) is 4.90 Å². The van der Waals surface area contributed by atoms with Crippen LogP contribution in [0, 0.1) is 12.3 Å². The Hall–Kier alpha value is -2.20. The summed E-state index contributed by atoms with van der Waals surface area (Å²) in [6.07, 6.45) is 1.60. The molecule has 0 aliphatic carbocycles. The molecule has 0 saturated carbocycles. The van der Waals surface area contributed by atoms with Crippen molar-refractivity contribution in [2.45, 2.75) is 59.0 Å². The summed E-state index contributed by atoms with van der Waals surface area (Å²) in [6.45, 7) is 9.02. The van der Waals surface area contributed by atoms with Crippen molar-refractivity contribution in [3.8, 4) is 0 Å². The summed E-state index contributed by atoms with van der Waals surface area (Å²) in [5.41, 5.74) is 4.66. The molecule has 2 aromatic carbocycles. The summed E-state index contributed by atoms with van der Waals surface area (Å²) in [5, 5.41) is 14.1. The maximum absolute atomic E-state index is 11.7. The second-order valence-electron chi connectivity index (χ2n) is 9.19. The maximum Gasteiger partial charge on any atom is 0.407 e. The Morgan fingerprint density at radius 2 is 2.00 bits per heavy atom. The summed E-state index contributed by atoms with van der Waals surface area (Å²) in [6, 6.07) is 14.7. The molecular weight excluding hydrogens is 384 g/mol. The fourth-order valence-electron chi connectivity index (χ4n) is 4.24. The van der Waals surface area contributed by atoms with Gasteiger partial charge in [-0.15, -0.1) is 0 Å². The number of hydrogen-bond donors (Lipinski definition) is 2. The number of piperidine rings is 1. The Bertz CT molecular complexity index is 875. The van der Waals surface area contributed by atoms with Gasteiger partial charge in [0.2, 0.25) is 0 Å². The molecule has 0 bridgehead atoms. The molecule has 1 aliphatic rings. The molecule has 1 amide bonds. The minimum Gasteiger partial charge on any atom is -0.465 e. The van der Waals surface area contributed by atoms with Gasteiger partial charge in [0, 0.05) is 29.3 Å². The highest BCUT2D eigenvalue weighted by molar-refractivity contribution is 6.30. The molecule has 2 aromatic rings. The molecule has 156 valence electrons. The molecular formula is C24H31ClN2O2. The number of aryl methyl sites for hydroxylation is 1. The number of anilines is 1. The third-order valence-electron chi connectivity index (χ3n) is 5.75. The number of hydrogen-bond acceptors (Lipinski definition) is 2. The van der Waals surface area contributed by atoms with Crippen LogP contribution >= 0.6 is 11.6 Å². The van der Waals surface area contributed by atoms with Gasteiger partial charge in [-0.05, 0) is 60.9 Å². The van der Waals surface area contributed by atoms with Gasteiger partial charge in [0.15, 0.2) is 0 Å². The average Bonchev–Trinajstić information content (AvgIpc) is 2.63. The molecule has 2 N–H and O–H groups in total. The van der Waals surface area contributed by atoms with Crippen LogP contribution in [0.15, 0.2) is 42.5 Å². The first-order valence-corrected chi connectivity index (χ1v) is 10.6. The van der Waals surface area contributed by atoms with Gasteiger partial charge >= 0.3 is 6.09 Å². The summed E-state index contributed by atoms with van der Waals surface area (Å²) >= 11 is 6.17. The highest BCUT2D eigenvalue weighted by Crippen LogP contribution is 2.34. The van der Waals surface area contributed by atoms with Crippen LogP contribution in [0.2, 0.25) is 5.02 Å². The normalized spacial score (nSPS) is 19.8. The molecule has 1 saturated heterocycles. The fourth-order valence-corrected chi connectivity index (χ4v) is 4.46. The molecule has 1 fully saturated rings. The SMILES string of the molecule is Cc1ccc(NC2CCN(C(=O)O)C(C(C)(C)C)C2)c(Cc2cccc(Cl)c2)c1. The van der Waals surface area contributed by atoms with Gasteiger partial charge in [-0.25, -0.2) is 4.79 Å². The van der Waals surface area contributed by atoms with Crippen molar-refractivity contribution in [2.24, 2.45) is 5.41 Å². The highest BCUT2D eigenvalue weighted by Gasteiger charge is 2.38. The first-order chi connectivity index (χ1) is 13.6. The van der Waals surface area contributed by atoms with Crippen LogP contribution in [0.25, 0.3) is 0 Å². The summed E-state index contributed by atoms with van der Waals surface area (Å²) in [5.74, 6) is 0. The zero-order valence-electron chi connectivity index (χ0n) is 17.7. The number of benzene rings is 2. The Balaban J connectivity index is 1.80. The molecule has 5 heteroatoms. The predicted molar refractivity (Wildman–Crippen MR) is 120 cm³/mol. The first kappa shape index (κ1) is 21.5. The quantitative estimate of drug-likeness (QED) is 0.625. The van der Waals surface area contributed by atoms with Crippen molar-refractivity contribution in [3.63, 3.8) is 0 Å². The molecule has 1 aliphatic heterocycles. The molecule has 2 atom stereocenters. The predicted octanol–water partition coefficient (Wildman–Crippen LogP) is 6.21. The maximum atomic E-state index is 11.7. The molecule has 2 unspecified atom stereocenters. The van der Waals surface area contributed by atoms with E-state index in [0.717, 1.165) is 30.0 Å². The average molecular weight is 415 g/mol. The van der Waals surface area contributed by atoms with Gasteiger partial charge in [0.05, 0.1) is 0 Å². The van der Waals surface area contributed by atoms with E-state index in [4.69, 9.17) is 11.6 Å². The van der Waals surface area contributed by atoms with Crippen LogP contribution in [-0.2, 0) is 6.42 Å². The van der Waals surface area contributed by atoms with Crippen LogP contribution in [-0.4, -0.2) is 34.7 Å². The van der Waals surface area contributed by atoms with Crippen molar-refractivity contribution in [3.05, 3.63) is 64.2 Å². The lowest BCUT2D eigenvalue weighted by Gasteiger charge is -2.45. The number of nitrogens with one attached hydrogen (secondary N) is 1. The van der Waals surface area contributed by atoms with Crippen LogP contribution < -0.4 is 5.32 Å². The number of halogens is 1. The number of amides is 1. The minimum atomic E-state index is -0.819. The molecule has 3 rings (SSSR count). The van der Waals surface area contributed by atoms with E-state index >= 15 is 0 Å². The van der Waals surface area contributed by atoms with E-state index in [1.807, 2.05) is 18.2 Å². The van der Waals surface area contributed by atoms with Gasteiger partial charge in [-0.2, -0.15) is 0 Å². The number of rotatable bonds is 4. The van der Waals surface area contributed by atoms with Gasteiger partial charge in [0.25, 0.3) is 0 Å². The van der Waals surface area contributed by atoms with E-state index in [1.165, 1.54) is 16.7 Å². The largest absolute Gasteiger partial charge is 0.465 e. The van der Waals surface area contributed by atoms with Crippen molar-refractivity contribution in [1.29, 1.82) is 0 Å². The van der Waals surface area contributed by atoms with Crippen LogP contribution in [0.5, 0.6) is 0 Å². The molecule has 0 aromatic heterocycles. The first-order valence-electron chi connectivity index (χ1n) is 10.2. The molecule has 29 heavy (non-hydrogen) atoms. The number of carboxylic acid groups (broad SMARTS) is 1. The van der Waals surface area contributed by atoms with Gasteiger partial charge in [-0.3, -0.25) is 0 Å². The van der Waals surface area contributed by atoms with Gasteiger partial charge in [0.1, 0.15) is 0 Å². The Kier molecular flexibility index (Phi) is 6.42. The highest BCUT2D eigenvalue weighted by atomic mass is 35.5. The third kappa shape index (κ3) is 5.45. The van der Waals surface area contributed by atoms with Crippen molar-refractivity contribution in [1.82, 2.24) is 4.90 Å². The van der Waals surface area contributed by atoms with E-state index in [0.29, 0.717) is 6.54 Å². The van der Waals surface area contributed by atoms with E-state index < -0.39 is 6.09 Å². The Labute approximate surface area is 178 Å². The van der Waals surface area contributed by atoms with Crippen LogP contribution in [0.3, 0.4) is 0 Å². The number of likely N-dealkylation sites (tertiary alicyclic amines) is 1. The molecule has 1 heterocycles. The zero-order chi connectivity index (χ0) is 21.2. The minimum absolute atomic E-state index is 0.00641. The van der Waals surface area contributed by atoms with E-state index in [9.17, 15) is 9.90 Å². The van der Waals surface area contributed by atoms with E-state index in [-0.39, 0.29) is 17.5 Å². The van der Waals surface area contributed by atoms with E-state index in [2.05, 4.69) is 57.3 Å². The Morgan fingerprint density at radius 3 is 2.66 bits per heavy atom. The summed E-state index contributed by atoms with van der Waals surface area (Å²) in [7, 11) is 0. The third-order valence-corrected chi connectivity index (χ3v) is 5.99. The molecule has 4 nitrogen and oxygen atoms in total. The summed E-state index contributed by atoms with van der Waals surface area (Å²) in [4.78, 5) is 13.3. The van der Waals surface area contributed by atoms with Gasteiger partial charge in [-0.1, -0.05) is 62.2 Å². The summed E-state index contributed by atoms with van der Waals surface area (Å²) < 4.78 is 0. The second-order valence-corrected chi connectivity index (χ2v) is 9.63. The second kappa shape index (κ2) is 8.66. The Morgan fingerprint density at radius 1 is 1.24 bits per heavy atom. The lowest BCUT2D eigenvalue weighted by atomic mass is 9.79.